The monoisotopic (exact) mass is 357 g/mol. The lowest BCUT2D eigenvalue weighted by Gasteiger charge is -2.22. The van der Waals surface area contributed by atoms with Crippen LogP contribution in [-0.2, 0) is 16.3 Å². The van der Waals surface area contributed by atoms with Crippen LogP contribution in [0.2, 0.25) is 0 Å². The normalized spacial score (nSPS) is 14.4. The Morgan fingerprint density at radius 1 is 1.12 bits per heavy atom. The minimum absolute atomic E-state index is 0.123. The van der Waals surface area contributed by atoms with Crippen LogP contribution in [0.3, 0.4) is 0 Å². The van der Waals surface area contributed by atoms with Crippen molar-refractivity contribution in [2.45, 2.75) is 17.7 Å². The second-order valence-electron chi connectivity index (χ2n) is 5.99. The SMILES string of the molecule is CN=C(NCCCS(=O)(=O)c1ccccc1)N1CCc2ccccc21. The number of sulfone groups is 1. The molecule has 132 valence electrons. The standard InChI is InChI=1S/C19H23N3O2S/c1-20-19(22-14-12-16-8-5-6-11-18(16)22)21-13-7-15-25(23,24)17-9-3-2-4-10-17/h2-6,8-11H,7,12-15H2,1H3,(H,20,21). The first-order valence-corrected chi connectivity index (χ1v) is 10.1. The van der Waals surface area contributed by atoms with E-state index in [0.717, 1.165) is 18.9 Å². The van der Waals surface area contributed by atoms with Crippen molar-refractivity contribution in [1.29, 1.82) is 0 Å². The number of hydrogen-bond acceptors (Lipinski definition) is 3. The van der Waals surface area contributed by atoms with Crippen molar-refractivity contribution in [1.82, 2.24) is 5.32 Å². The van der Waals surface area contributed by atoms with Crippen molar-refractivity contribution in [3.63, 3.8) is 0 Å². The fraction of sp³-hybridized carbons (Fsp3) is 0.316. The number of fused-ring (bicyclic) bond motifs is 1. The summed E-state index contributed by atoms with van der Waals surface area (Å²) in [6, 6.07) is 16.9. The number of nitrogens with one attached hydrogen (secondary N) is 1. The molecule has 0 spiro atoms. The van der Waals surface area contributed by atoms with E-state index < -0.39 is 9.84 Å². The molecule has 0 saturated heterocycles. The molecule has 1 aliphatic heterocycles. The lowest BCUT2D eigenvalue weighted by atomic mass is 10.2. The molecule has 0 fully saturated rings. The van der Waals surface area contributed by atoms with E-state index in [4.69, 9.17) is 0 Å². The summed E-state index contributed by atoms with van der Waals surface area (Å²) in [4.78, 5) is 6.88. The molecule has 1 heterocycles. The molecule has 0 bridgehead atoms. The van der Waals surface area contributed by atoms with Crippen LogP contribution in [0.25, 0.3) is 0 Å². The molecule has 0 amide bonds. The van der Waals surface area contributed by atoms with Gasteiger partial charge in [-0.15, -0.1) is 0 Å². The Morgan fingerprint density at radius 3 is 2.60 bits per heavy atom. The van der Waals surface area contributed by atoms with E-state index in [1.165, 1.54) is 11.3 Å². The highest BCUT2D eigenvalue weighted by Gasteiger charge is 2.22. The van der Waals surface area contributed by atoms with Crippen molar-refractivity contribution in [3.05, 3.63) is 60.2 Å². The molecule has 0 aliphatic carbocycles. The Hall–Kier alpha value is -2.34. The molecular formula is C19H23N3O2S. The van der Waals surface area contributed by atoms with Gasteiger partial charge in [-0.3, -0.25) is 4.99 Å². The Morgan fingerprint density at radius 2 is 1.84 bits per heavy atom. The second kappa shape index (κ2) is 7.70. The number of guanidine groups is 1. The van der Waals surface area contributed by atoms with Gasteiger partial charge in [-0.25, -0.2) is 8.42 Å². The molecule has 6 heteroatoms. The van der Waals surface area contributed by atoms with Gasteiger partial charge in [0.05, 0.1) is 10.6 Å². The maximum absolute atomic E-state index is 12.3. The minimum Gasteiger partial charge on any atom is -0.356 e. The first kappa shape index (κ1) is 17.5. The lowest BCUT2D eigenvalue weighted by Crippen LogP contribution is -2.41. The zero-order chi connectivity index (χ0) is 17.7. The Balaban J connectivity index is 1.55. The van der Waals surface area contributed by atoms with Crippen LogP contribution in [-0.4, -0.2) is 40.3 Å². The molecule has 0 aromatic heterocycles. The number of anilines is 1. The first-order valence-electron chi connectivity index (χ1n) is 8.46. The van der Waals surface area contributed by atoms with E-state index >= 15 is 0 Å². The summed E-state index contributed by atoms with van der Waals surface area (Å²) in [7, 11) is -1.47. The Labute approximate surface area is 149 Å². The van der Waals surface area contributed by atoms with Crippen molar-refractivity contribution >= 4 is 21.5 Å². The van der Waals surface area contributed by atoms with Gasteiger partial charge in [0.1, 0.15) is 0 Å². The van der Waals surface area contributed by atoms with E-state index in [2.05, 4.69) is 27.3 Å². The zero-order valence-corrected chi connectivity index (χ0v) is 15.2. The highest BCUT2D eigenvalue weighted by Crippen LogP contribution is 2.27. The summed E-state index contributed by atoms with van der Waals surface area (Å²) in [5.74, 6) is 0.916. The number of hydrogen-bond donors (Lipinski definition) is 1. The third-order valence-electron chi connectivity index (χ3n) is 4.33. The van der Waals surface area contributed by atoms with Gasteiger partial charge in [0.15, 0.2) is 15.8 Å². The average Bonchev–Trinajstić information content (AvgIpc) is 3.07. The van der Waals surface area contributed by atoms with Crippen LogP contribution in [0.15, 0.2) is 64.5 Å². The molecule has 1 N–H and O–H groups in total. The summed E-state index contributed by atoms with van der Waals surface area (Å²) < 4.78 is 24.6. The van der Waals surface area contributed by atoms with Gasteiger partial charge in [0.25, 0.3) is 0 Å². The molecule has 0 radical (unpaired) electrons. The lowest BCUT2D eigenvalue weighted by molar-refractivity contribution is 0.592. The second-order valence-corrected chi connectivity index (χ2v) is 8.10. The van der Waals surface area contributed by atoms with Gasteiger partial charge in [0, 0.05) is 25.8 Å². The molecule has 0 unspecified atom stereocenters. The Kier molecular flexibility index (Phi) is 5.38. The van der Waals surface area contributed by atoms with Crippen LogP contribution in [0.5, 0.6) is 0 Å². The van der Waals surface area contributed by atoms with Gasteiger partial charge < -0.3 is 10.2 Å². The van der Waals surface area contributed by atoms with Gasteiger partial charge >= 0.3 is 0 Å². The van der Waals surface area contributed by atoms with Gasteiger partial charge in [0.2, 0.25) is 0 Å². The molecule has 2 aromatic carbocycles. The van der Waals surface area contributed by atoms with Gasteiger partial charge in [-0.2, -0.15) is 0 Å². The van der Waals surface area contributed by atoms with Crippen LogP contribution in [0, 0.1) is 0 Å². The van der Waals surface area contributed by atoms with Crippen LogP contribution < -0.4 is 10.2 Å². The van der Waals surface area contributed by atoms with Crippen molar-refractivity contribution < 1.29 is 8.42 Å². The largest absolute Gasteiger partial charge is 0.356 e. The smallest absolute Gasteiger partial charge is 0.198 e. The number of para-hydroxylation sites is 1. The van der Waals surface area contributed by atoms with E-state index in [1.807, 2.05) is 18.2 Å². The van der Waals surface area contributed by atoms with Crippen LogP contribution in [0.1, 0.15) is 12.0 Å². The number of aliphatic imine (C=N–C) groups is 1. The van der Waals surface area contributed by atoms with E-state index in [-0.39, 0.29) is 5.75 Å². The third-order valence-corrected chi connectivity index (χ3v) is 6.15. The van der Waals surface area contributed by atoms with Crippen LogP contribution >= 0.6 is 0 Å². The highest BCUT2D eigenvalue weighted by atomic mass is 32.2. The first-order chi connectivity index (χ1) is 12.1. The molecule has 0 saturated carbocycles. The molecule has 1 aliphatic rings. The van der Waals surface area contributed by atoms with E-state index in [0.29, 0.717) is 17.9 Å². The Bertz CT molecular complexity index is 848. The maximum atomic E-state index is 12.3. The fourth-order valence-corrected chi connectivity index (χ4v) is 4.39. The summed E-state index contributed by atoms with van der Waals surface area (Å²) >= 11 is 0. The number of nitrogens with zero attached hydrogens (tertiary/aromatic N) is 2. The summed E-state index contributed by atoms with van der Waals surface area (Å²) in [5.41, 5.74) is 2.49. The van der Waals surface area contributed by atoms with Crippen molar-refractivity contribution in [3.8, 4) is 0 Å². The van der Waals surface area contributed by atoms with Crippen LogP contribution in [0.4, 0.5) is 5.69 Å². The summed E-state index contributed by atoms with van der Waals surface area (Å²) in [6.45, 7) is 1.46. The fourth-order valence-electron chi connectivity index (χ4n) is 3.06. The minimum atomic E-state index is -3.23. The molecule has 25 heavy (non-hydrogen) atoms. The molecule has 5 nitrogen and oxygen atoms in total. The van der Waals surface area contributed by atoms with Gasteiger partial charge in [-0.05, 0) is 36.6 Å². The van der Waals surface area contributed by atoms with Gasteiger partial charge in [-0.1, -0.05) is 36.4 Å². The molecular weight excluding hydrogens is 334 g/mol. The molecule has 2 aromatic rings. The molecule has 0 atom stereocenters. The highest BCUT2D eigenvalue weighted by molar-refractivity contribution is 7.91. The van der Waals surface area contributed by atoms with Crippen molar-refractivity contribution in [2.24, 2.45) is 4.99 Å². The average molecular weight is 357 g/mol. The summed E-state index contributed by atoms with van der Waals surface area (Å²) in [5, 5.41) is 3.29. The maximum Gasteiger partial charge on any atom is 0.198 e. The summed E-state index contributed by atoms with van der Waals surface area (Å²) in [6.07, 6.45) is 1.53. The number of rotatable bonds is 5. The predicted octanol–water partition coefficient (Wildman–Crippen LogP) is 2.49. The van der Waals surface area contributed by atoms with E-state index in [1.54, 1.807) is 31.3 Å². The topological polar surface area (TPSA) is 61.8 Å². The van der Waals surface area contributed by atoms with Crippen molar-refractivity contribution in [2.75, 3.05) is 30.8 Å². The van der Waals surface area contributed by atoms with E-state index in [9.17, 15) is 8.42 Å². The third kappa shape index (κ3) is 4.02. The quantitative estimate of drug-likeness (QED) is 0.507. The predicted molar refractivity (Wildman–Crippen MR) is 102 cm³/mol. The molecule has 3 rings (SSSR count). The zero-order valence-electron chi connectivity index (χ0n) is 14.4. The number of benzene rings is 2.